The molecule has 0 aliphatic carbocycles. The first-order valence-corrected chi connectivity index (χ1v) is 13.6. The number of nitrogens with one attached hydrogen (secondary N) is 1. The molecular weight excluding hydrogens is 502 g/mol. The molecule has 38 heavy (non-hydrogen) atoms. The summed E-state index contributed by atoms with van der Waals surface area (Å²) in [6, 6.07) is 13.5. The van der Waals surface area contributed by atoms with E-state index in [4.69, 9.17) is 14.2 Å². The van der Waals surface area contributed by atoms with Gasteiger partial charge in [-0.15, -0.1) is 11.3 Å². The molecule has 200 valence electrons. The highest BCUT2D eigenvalue weighted by molar-refractivity contribution is 7.19. The van der Waals surface area contributed by atoms with Gasteiger partial charge in [-0.25, -0.2) is 4.98 Å². The van der Waals surface area contributed by atoms with Gasteiger partial charge in [0.05, 0.1) is 31.5 Å². The third-order valence-electron chi connectivity index (χ3n) is 5.97. The molecule has 0 bridgehead atoms. The number of aromatic nitrogens is 2. The van der Waals surface area contributed by atoms with Crippen molar-refractivity contribution < 1.29 is 19.0 Å². The molecule has 0 aliphatic rings. The molecule has 1 N–H and O–H groups in total. The van der Waals surface area contributed by atoms with Gasteiger partial charge in [-0.3, -0.25) is 14.2 Å². The van der Waals surface area contributed by atoms with E-state index in [0.717, 1.165) is 27.3 Å². The first kappa shape index (κ1) is 27.2. The summed E-state index contributed by atoms with van der Waals surface area (Å²) in [4.78, 5) is 32.3. The summed E-state index contributed by atoms with van der Waals surface area (Å²) >= 11 is 1.47. The second-order valence-corrected chi connectivity index (χ2v) is 9.80. The standard InChI is InChI=1S/C29H33N3O5S/c1-5-35-22-11-9-21(10-12-22)26-19(4)38-28-27(26)29(34)32(18-31-28)17-25(33)30-15-14-20-8-13-23(36-6-2)24(16-20)37-7-3/h8-13,16,18H,5-7,14-15,17H2,1-4H3,(H,30,33). The number of hydrogen-bond donors (Lipinski definition) is 1. The Balaban J connectivity index is 1.46. The SMILES string of the molecule is CCOc1ccc(-c2c(C)sc3ncn(CC(=O)NCCc4ccc(OCC)c(OCC)c4)c(=O)c23)cc1. The van der Waals surface area contributed by atoms with E-state index >= 15 is 0 Å². The molecule has 8 nitrogen and oxygen atoms in total. The lowest BCUT2D eigenvalue weighted by Gasteiger charge is -2.13. The van der Waals surface area contributed by atoms with Gasteiger partial charge in [-0.2, -0.15) is 0 Å². The fraction of sp³-hybridized carbons (Fsp3) is 0.345. The van der Waals surface area contributed by atoms with E-state index in [2.05, 4.69) is 10.3 Å². The van der Waals surface area contributed by atoms with Crippen LogP contribution >= 0.6 is 11.3 Å². The number of aryl methyl sites for hydroxylation is 1. The summed E-state index contributed by atoms with van der Waals surface area (Å²) in [5.74, 6) is 1.93. The van der Waals surface area contributed by atoms with Crippen LogP contribution in [0.15, 0.2) is 53.6 Å². The summed E-state index contributed by atoms with van der Waals surface area (Å²) in [7, 11) is 0. The second kappa shape index (κ2) is 12.6. The Labute approximate surface area is 226 Å². The van der Waals surface area contributed by atoms with Crippen LogP contribution in [0, 0.1) is 6.92 Å². The Hall–Kier alpha value is -3.85. The molecule has 0 radical (unpaired) electrons. The molecule has 0 saturated carbocycles. The number of carbonyl (C=O) groups excluding carboxylic acids is 1. The average molecular weight is 536 g/mol. The number of amides is 1. The minimum Gasteiger partial charge on any atom is -0.494 e. The maximum absolute atomic E-state index is 13.4. The van der Waals surface area contributed by atoms with Crippen molar-refractivity contribution in [3.05, 3.63) is 69.6 Å². The Morgan fingerprint density at radius 1 is 0.974 bits per heavy atom. The minimum absolute atomic E-state index is 0.104. The van der Waals surface area contributed by atoms with Crippen molar-refractivity contribution in [3.8, 4) is 28.4 Å². The minimum atomic E-state index is -0.251. The van der Waals surface area contributed by atoms with E-state index < -0.39 is 0 Å². The van der Waals surface area contributed by atoms with Gasteiger partial charge >= 0.3 is 0 Å². The molecule has 0 fully saturated rings. The average Bonchev–Trinajstić information content (AvgIpc) is 3.25. The van der Waals surface area contributed by atoms with E-state index in [1.165, 1.54) is 22.2 Å². The molecule has 2 aromatic carbocycles. The normalized spacial score (nSPS) is 10.9. The third-order valence-corrected chi connectivity index (χ3v) is 6.98. The smallest absolute Gasteiger partial charge is 0.263 e. The van der Waals surface area contributed by atoms with Crippen molar-refractivity contribution in [2.75, 3.05) is 26.4 Å². The molecule has 0 unspecified atom stereocenters. The highest BCUT2D eigenvalue weighted by Gasteiger charge is 2.18. The molecule has 1 amide bonds. The number of carbonyl (C=O) groups is 1. The number of ether oxygens (including phenoxy) is 3. The van der Waals surface area contributed by atoms with Crippen molar-refractivity contribution in [2.45, 2.75) is 40.7 Å². The Bertz CT molecular complexity index is 1460. The zero-order chi connectivity index (χ0) is 27.1. The maximum atomic E-state index is 13.4. The lowest BCUT2D eigenvalue weighted by molar-refractivity contribution is -0.121. The Morgan fingerprint density at radius 3 is 2.39 bits per heavy atom. The topological polar surface area (TPSA) is 91.7 Å². The van der Waals surface area contributed by atoms with Crippen LogP contribution in [-0.4, -0.2) is 41.8 Å². The molecule has 2 aromatic heterocycles. The van der Waals surface area contributed by atoms with E-state index in [-0.39, 0.29) is 18.0 Å². The zero-order valence-electron chi connectivity index (χ0n) is 22.2. The van der Waals surface area contributed by atoms with Gasteiger partial charge in [-0.05, 0) is 69.5 Å². The van der Waals surface area contributed by atoms with Crippen molar-refractivity contribution in [1.29, 1.82) is 0 Å². The quantitative estimate of drug-likeness (QED) is 0.275. The van der Waals surface area contributed by atoms with Gasteiger partial charge < -0.3 is 19.5 Å². The van der Waals surface area contributed by atoms with Crippen LogP contribution in [0.4, 0.5) is 0 Å². The molecule has 0 spiro atoms. The van der Waals surface area contributed by atoms with Gasteiger partial charge in [0, 0.05) is 17.0 Å². The zero-order valence-corrected chi connectivity index (χ0v) is 23.0. The highest BCUT2D eigenvalue weighted by Crippen LogP contribution is 2.36. The van der Waals surface area contributed by atoms with Gasteiger partial charge in [-0.1, -0.05) is 18.2 Å². The van der Waals surface area contributed by atoms with Crippen molar-refractivity contribution in [2.24, 2.45) is 0 Å². The first-order chi connectivity index (χ1) is 18.4. The number of hydrogen-bond acceptors (Lipinski definition) is 7. The molecule has 4 aromatic rings. The number of rotatable bonds is 12. The van der Waals surface area contributed by atoms with Crippen LogP contribution < -0.4 is 25.1 Å². The van der Waals surface area contributed by atoms with Gasteiger partial charge in [0.15, 0.2) is 11.5 Å². The van der Waals surface area contributed by atoms with Crippen LogP contribution in [0.5, 0.6) is 17.2 Å². The molecule has 2 heterocycles. The number of thiophene rings is 1. The van der Waals surface area contributed by atoms with Crippen molar-refractivity contribution in [1.82, 2.24) is 14.9 Å². The monoisotopic (exact) mass is 535 g/mol. The van der Waals surface area contributed by atoms with E-state index in [1.807, 2.05) is 70.2 Å². The van der Waals surface area contributed by atoms with Crippen LogP contribution in [0.25, 0.3) is 21.3 Å². The van der Waals surface area contributed by atoms with Crippen LogP contribution in [0.1, 0.15) is 31.2 Å². The maximum Gasteiger partial charge on any atom is 0.263 e. The second-order valence-electron chi connectivity index (χ2n) is 8.60. The predicted molar refractivity (Wildman–Crippen MR) is 151 cm³/mol. The van der Waals surface area contributed by atoms with E-state index in [9.17, 15) is 9.59 Å². The predicted octanol–water partition coefficient (Wildman–Crippen LogP) is 4.99. The molecule has 9 heteroatoms. The van der Waals surface area contributed by atoms with Crippen LogP contribution in [0.2, 0.25) is 0 Å². The Morgan fingerprint density at radius 2 is 1.68 bits per heavy atom. The van der Waals surface area contributed by atoms with Gasteiger partial charge in [0.2, 0.25) is 5.91 Å². The van der Waals surface area contributed by atoms with Crippen LogP contribution in [0.3, 0.4) is 0 Å². The summed E-state index contributed by atoms with van der Waals surface area (Å²) in [5.41, 5.74) is 2.55. The number of nitrogens with zero attached hydrogens (tertiary/aromatic N) is 2. The van der Waals surface area contributed by atoms with Gasteiger partial charge in [0.25, 0.3) is 5.56 Å². The summed E-state index contributed by atoms with van der Waals surface area (Å²) in [6.45, 7) is 9.78. The molecular formula is C29H33N3O5S. The first-order valence-electron chi connectivity index (χ1n) is 12.8. The van der Waals surface area contributed by atoms with Gasteiger partial charge in [0.1, 0.15) is 17.1 Å². The van der Waals surface area contributed by atoms with E-state index in [1.54, 1.807) is 0 Å². The van der Waals surface area contributed by atoms with Crippen molar-refractivity contribution in [3.63, 3.8) is 0 Å². The molecule has 0 saturated heterocycles. The number of benzene rings is 2. The molecule has 0 atom stereocenters. The fourth-order valence-corrected chi connectivity index (χ4v) is 5.29. The molecule has 4 rings (SSSR count). The Kier molecular flexibility index (Phi) is 9.02. The summed E-state index contributed by atoms with van der Waals surface area (Å²) < 4.78 is 18.2. The lowest BCUT2D eigenvalue weighted by atomic mass is 10.0. The lowest BCUT2D eigenvalue weighted by Crippen LogP contribution is -2.33. The van der Waals surface area contributed by atoms with E-state index in [0.29, 0.717) is 54.5 Å². The summed E-state index contributed by atoms with van der Waals surface area (Å²) in [5, 5.41) is 3.44. The third kappa shape index (κ3) is 6.16. The fourth-order valence-electron chi connectivity index (χ4n) is 4.29. The molecule has 0 aliphatic heterocycles. The number of fused-ring (bicyclic) bond motifs is 1. The van der Waals surface area contributed by atoms with Crippen LogP contribution in [-0.2, 0) is 17.8 Å². The highest BCUT2D eigenvalue weighted by atomic mass is 32.1. The van der Waals surface area contributed by atoms with Crippen molar-refractivity contribution >= 4 is 27.5 Å². The summed E-state index contributed by atoms with van der Waals surface area (Å²) in [6.07, 6.45) is 2.07. The largest absolute Gasteiger partial charge is 0.494 e.